The minimum Gasteiger partial charge on any atom is -0.477 e. The fourth-order valence-electron chi connectivity index (χ4n) is 1.50. The number of nitrogens with zero attached hydrogens (tertiary/aromatic N) is 1. The van der Waals surface area contributed by atoms with E-state index in [0.717, 1.165) is 0 Å². The van der Waals surface area contributed by atoms with Gasteiger partial charge in [0.1, 0.15) is 6.61 Å². The number of ether oxygens (including phenoxy) is 1. The Morgan fingerprint density at radius 1 is 1.39 bits per heavy atom. The summed E-state index contributed by atoms with van der Waals surface area (Å²) in [6, 6.07) is 8.86. The number of benzene rings is 1. The first kappa shape index (κ1) is 12.1. The largest absolute Gasteiger partial charge is 0.477 e. The maximum absolute atomic E-state index is 11.2. The van der Waals surface area contributed by atoms with Gasteiger partial charge in [-0.15, -0.1) is 0 Å². The molecule has 0 amide bonds. The molecule has 0 atom stereocenters. The normalized spacial score (nSPS) is 10.3. The van der Waals surface area contributed by atoms with Gasteiger partial charge in [-0.05, 0) is 5.16 Å². The number of hydrogen-bond acceptors (Lipinski definition) is 5. The average Bonchev–Trinajstić information content (AvgIpc) is 2.81. The van der Waals surface area contributed by atoms with E-state index < -0.39 is 5.97 Å². The molecule has 3 N–H and O–H groups in total. The molecule has 0 radical (unpaired) electrons. The van der Waals surface area contributed by atoms with Crippen molar-refractivity contribution in [3.05, 3.63) is 35.9 Å². The molecule has 18 heavy (non-hydrogen) atoms. The van der Waals surface area contributed by atoms with Gasteiger partial charge in [-0.2, -0.15) is 0 Å². The molecule has 1 heterocycles. The van der Waals surface area contributed by atoms with Crippen molar-refractivity contribution in [2.75, 3.05) is 13.2 Å². The molecule has 0 bridgehead atoms. The molecule has 0 saturated carbocycles. The number of carboxylic acids is 1. The van der Waals surface area contributed by atoms with Crippen LogP contribution >= 0.6 is 0 Å². The van der Waals surface area contributed by atoms with Gasteiger partial charge in [0.05, 0.1) is 0 Å². The highest BCUT2D eigenvalue weighted by atomic mass is 16.5. The summed E-state index contributed by atoms with van der Waals surface area (Å²) in [6.07, 6.45) is 0. The predicted molar refractivity (Wildman–Crippen MR) is 63.4 cm³/mol. The highest BCUT2D eigenvalue weighted by Crippen LogP contribution is 2.30. The molecule has 1 aromatic carbocycles. The van der Waals surface area contributed by atoms with Crippen molar-refractivity contribution in [1.82, 2.24) is 5.16 Å². The van der Waals surface area contributed by atoms with Gasteiger partial charge in [0.25, 0.3) is 5.88 Å². The molecular formula is C12H12N2O4. The molecule has 0 spiro atoms. The van der Waals surface area contributed by atoms with Gasteiger partial charge in [0, 0.05) is 12.1 Å². The van der Waals surface area contributed by atoms with Gasteiger partial charge in [-0.3, -0.25) is 0 Å². The summed E-state index contributed by atoms with van der Waals surface area (Å²) < 4.78 is 10.2. The molecule has 0 aliphatic carbocycles. The SMILES string of the molecule is NCCOc1noc(-c2ccccc2)c1C(=O)O. The van der Waals surface area contributed by atoms with Crippen LogP contribution < -0.4 is 10.5 Å². The van der Waals surface area contributed by atoms with Crippen molar-refractivity contribution in [3.8, 4) is 17.2 Å². The fraction of sp³-hybridized carbons (Fsp3) is 0.167. The molecule has 6 heteroatoms. The van der Waals surface area contributed by atoms with E-state index in [0.29, 0.717) is 5.56 Å². The Balaban J connectivity index is 2.42. The number of rotatable bonds is 5. The first-order valence-corrected chi connectivity index (χ1v) is 5.35. The summed E-state index contributed by atoms with van der Waals surface area (Å²) in [5.74, 6) is -1.02. The van der Waals surface area contributed by atoms with Crippen molar-refractivity contribution >= 4 is 5.97 Å². The zero-order valence-corrected chi connectivity index (χ0v) is 9.50. The smallest absolute Gasteiger partial charge is 0.345 e. The third-order valence-electron chi connectivity index (χ3n) is 2.27. The van der Waals surface area contributed by atoms with Crippen LogP contribution in [0.1, 0.15) is 10.4 Å². The number of carboxylic acid groups (broad SMARTS) is 1. The van der Waals surface area contributed by atoms with Crippen LogP contribution in [0.4, 0.5) is 0 Å². The van der Waals surface area contributed by atoms with E-state index in [9.17, 15) is 9.90 Å². The van der Waals surface area contributed by atoms with Gasteiger partial charge in [0.2, 0.25) is 0 Å². The van der Waals surface area contributed by atoms with Crippen molar-refractivity contribution in [2.45, 2.75) is 0 Å². The number of nitrogens with two attached hydrogens (primary N) is 1. The Hall–Kier alpha value is -2.34. The van der Waals surface area contributed by atoms with Crippen LogP contribution in [0.2, 0.25) is 0 Å². The molecule has 0 saturated heterocycles. The van der Waals surface area contributed by atoms with E-state index >= 15 is 0 Å². The van der Waals surface area contributed by atoms with E-state index in [-0.39, 0.29) is 30.4 Å². The highest BCUT2D eigenvalue weighted by Gasteiger charge is 2.24. The molecular weight excluding hydrogens is 236 g/mol. The second-order valence-corrected chi connectivity index (χ2v) is 3.50. The molecule has 0 fully saturated rings. The quantitative estimate of drug-likeness (QED) is 0.829. The van der Waals surface area contributed by atoms with E-state index in [4.69, 9.17) is 15.0 Å². The lowest BCUT2D eigenvalue weighted by Crippen LogP contribution is -2.12. The lowest BCUT2D eigenvalue weighted by atomic mass is 10.1. The van der Waals surface area contributed by atoms with Crippen LogP contribution in [0.15, 0.2) is 34.9 Å². The van der Waals surface area contributed by atoms with Gasteiger partial charge in [0.15, 0.2) is 11.3 Å². The monoisotopic (exact) mass is 248 g/mol. The number of hydrogen-bond donors (Lipinski definition) is 2. The number of aromatic carboxylic acids is 1. The van der Waals surface area contributed by atoms with Crippen LogP contribution in [0.5, 0.6) is 5.88 Å². The average molecular weight is 248 g/mol. The summed E-state index contributed by atoms with van der Waals surface area (Å²) in [7, 11) is 0. The van der Waals surface area contributed by atoms with Crippen molar-refractivity contribution in [1.29, 1.82) is 0 Å². The molecule has 1 aromatic heterocycles. The second-order valence-electron chi connectivity index (χ2n) is 3.50. The number of aromatic nitrogens is 1. The maximum Gasteiger partial charge on any atom is 0.345 e. The van der Waals surface area contributed by atoms with Crippen LogP contribution in [0, 0.1) is 0 Å². The molecule has 2 aromatic rings. The van der Waals surface area contributed by atoms with E-state index in [1.54, 1.807) is 24.3 Å². The van der Waals surface area contributed by atoms with Gasteiger partial charge in [-0.25, -0.2) is 4.79 Å². The maximum atomic E-state index is 11.2. The standard InChI is InChI=1S/C12H12N2O4/c13-6-7-17-11-9(12(15)16)10(18-14-11)8-4-2-1-3-5-8/h1-5H,6-7,13H2,(H,15,16). The Morgan fingerprint density at radius 3 is 2.72 bits per heavy atom. The molecule has 0 aliphatic heterocycles. The summed E-state index contributed by atoms with van der Waals surface area (Å²) in [6.45, 7) is 0.452. The van der Waals surface area contributed by atoms with Crippen LogP contribution in [0.3, 0.4) is 0 Å². The van der Waals surface area contributed by atoms with Crippen LogP contribution in [-0.2, 0) is 0 Å². The fourth-order valence-corrected chi connectivity index (χ4v) is 1.50. The highest BCUT2D eigenvalue weighted by molar-refractivity contribution is 5.96. The molecule has 0 aliphatic rings. The Labute approximate surface area is 103 Å². The number of carbonyl (C=O) groups is 1. The van der Waals surface area contributed by atoms with Crippen molar-refractivity contribution in [3.63, 3.8) is 0 Å². The third kappa shape index (κ3) is 2.33. The van der Waals surface area contributed by atoms with Crippen molar-refractivity contribution < 1.29 is 19.2 Å². The van der Waals surface area contributed by atoms with Crippen LogP contribution in [-0.4, -0.2) is 29.4 Å². The van der Waals surface area contributed by atoms with Gasteiger partial charge >= 0.3 is 5.97 Å². The zero-order valence-electron chi connectivity index (χ0n) is 9.50. The summed E-state index contributed by atoms with van der Waals surface area (Å²) in [4.78, 5) is 11.2. The summed E-state index contributed by atoms with van der Waals surface area (Å²) >= 11 is 0. The first-order chi connectivity index (χ1) is 8.74. The lowest BCUT2D eigenvalue weighted by molar-refractivity contribution is 0.0693. The Kier molecular flexibility index (Phi) is 3.59. The Morgan fingerprint density at radius 2 is 2.11 bits per heavy atom. The van der Waals surface area contributed by atoms with Gasteiger partial charge in [-0.1, -0.05) is 30.3 Å². The Bertz CT molecular complexity index is 536. The minimum absolute atomic E-state index is 0.0493. The predicted octanol–water partition coefficient (Wildman–Crippen LogP) is 1.38. The third-order valence-corrected chi connectivity index (χ3v) is 2.27. The molecule has 2 rings (SSSR count). The minimum atomic E-state index is -1.15. The zero-order chi connectivity index (χ0) is 13.0. The topological polar surface area (TPSA) is 98.6 Å². The summed E-state index contributed by atoms with van der Waals surface area (Å²) in [5.41, 5.74) is 5.83. The molecule has 6 nitrogen and oxygen atoms in total. The second kappa shape index (κ2) is 5.33. The first-order valence-electron chi connectivity index (χ1n) is 5.35. The molecule has 94 valence electrons. The molecule has 0 unspecified atom stereocenters. The van der Waals surface area contributed by atoms with Crippen molar-refractivity contribution in [2.24, 2.45) is 5.73 Å². The van der Waals surface area contributed by atoms with Crippen LogP contribution in [0.25, 0.3) is 11.3 Å². The van der Waals surface area contributed by atoms with E-state index in [1.165, 1.54) is 0 Å². The summed E-state index contributed by atoms with van der Waals surface area (Å²) in [5, 5.41) is 12.8. The lowest BCUT2D eigenvalue weighted by Gasteiger charge is -2.01. The van der Waals surface area contributed by atoms with E-state index in [2.05, 4.69) is 5.16 Å². The van der Waals surface area contributed by atoms with Gasteiger partial charge < -0.3 is 20.1 Å². The van der Waals surface area contributed by atoms with E-state index in [1.807, 2.05) is 6.07 Å².